The molecule has 2 N–H and O–H groups in total. The molecule has 0 saturated heterocycles. The lowest BCUT2D eigenvalue weighted by Gasteiger charge is -2.08. The number of unbranched alkanes of at least 4 members (excludes halogenated alkanes) is 7. The maximum absolute atomic E-state index is 12.0. The van der Waals surface area contributed by atoms with Crippen LogP contribution in [0.3, 0.4) is 0 Å². The van der Waals surface area contributed by atoms with E-state index in [1.807, 2.05) is 12.1 Å². The lowest BCUT2D eigenvalue weighted by molar-refractivity contribution is 0.0498. The highest BCUT2D eigenvalue weighted by atomic mass is 16.5. The minimum atomic E-state index is -0.282. The Bertz CT molecular complexity index is 476. The Morgan fingerprint density at radius 2 is 1.56 bits per heavy atom. The van der Waals surface area contributed by atoms with E-state index in [0.717, 1.165) is 44.6 Å². The molecular weight excluding hydrogens is 342 g/mol. The number of ether oxygens (including phenoxy) is 2. The highest BCUT2D eigenvalue weighted by Gasteiger charge is 2.07. The summed E-state index contributed by atoms with van der Waals surface area (Å²) in [5.41, 5.74) is 0.562. The number of benzene rings is 1. The summed E-state index contributed by atoms with van der Waals surface area (Å²) in [4.78, 5) is 12.0. The molecule has 0 heterocycles. The standard InChI is InChI=1S/C22H37NO4/c1-2-3-4-5-6-9-18-26-21-13-11-20(12-14-21)22(25)27-19-10-7-8-15-23-16-17-24/h11-14,23-24H,2-10,15-19H2,1H3. The largest absolute Gasteiger partial charge is 0.494 e. The molecule has 0 aliphatic rings. The van der Waals surface area contributed by atoms with E-state index in [9.17, 15) is 4.79 Å². The van der Waals surface area contributed by atoms with Crippen molar-refractivity contribution in [2.75, 3.05) is 32.9 Å². The van der Waals surface area contributed by atoms with E-state index in [-0.39, 0.29) is 12.6 Å². The number of esters is 1. The van der Waals surface area contributed by atoms with Crippen LogP contribution in [0.1, 0.15) is 75.1 Å². The summed E-state index contributed by atoms with van der Waals surface area (Å²) in [5.74, 6) is 0.520. The molecule has 0 spiro atoms. The molecular formula is C22H37NO4. The van der Waals surface area contributed by atoms with Crippen molar-refractivity contribution in [3.63, 3.8) is 0 Å². The van der Waals surface area contributed by atoms with E-state index >= 15 is 0 Å². The number of aliphatic hydroxyl groups excluding tert-OH is 1. The van der Waals surface area contributed by atoms with Gasteiger partial charge in [-0.15, -0.1) is 0 Å². The van der Waals surface area contributed by atoms with E-state index in [1.165, 1.54) is 32.1 Å². The maximum atomic E-state index is 12.0. The number of aliphatic hydroxyl groups is 1. The normalized spacial score (nSPS) is 10.7. The molecule has 0 aliphatic heterocycles. The van der Waals surface area contributed by atoms with Crippen molar-refractivity contribution < 1.29 is 19.4 Å². The summed E-state index contributed by atoms with van der Waals surface area (Å²) in [5, 5.41) is 11.8. The fraction of sp³-hybridized carbons (Fsp3) is 0.682. The quantitative estimate of drug-likeness (QED) is 0.311. The second kappa shape index (κ2) is 16.6. The number of carbonyl (C=O) groups excluding carboxylic acids is 1. The summed E-state index contributed by atoms with van der Waals surface area (Å²) in [6.45, 7) is 5.07. The smallest absolute Gasteiger partial charge is 0.338 e. The van der Waals surface area contributed by atoms with E-state index in [2.05, 4.69) is 12.2 Å². The minimum absolute atomic E-state index is 0.167. The highest BCUT2D eigenvalue weighted by molar-refractivity contribution is 5.89. The van der Waals surface area contributed by atoms with Crippen LogP contribution in [0, 0.1) is 0 Å². The van der Waals surface area contributed by atoms with Gasteiger partial charge in [0.25, 0.3) is 0 Å². The van der Waals surface area contributed by atoms with Crippen LogP contribution in [0.2, 0.25) is 0 Å². The predicted molar refractivity (Wildman–Crippen MR) is 109 cm³/mol. The summed E-state index contributed by atoms with van der Waals surface area (Å²) in [6.07, 6.45) is 10.3. The Hall–Kier alpha value is -1.59. The summed E-state index contributed by atoms with van der Waals surface area (Å²) >= 11 is 0. The molecule has 154 valence electrons. The fourth-order valence-electron chi connectivity index (χ4n) is 2.74. The molecule has 5 nitrogen and oxygen atoms in total. The zero-order chi connectivity index (χ0) is 19.6. The molecule has 0 bridgehead atoms. The van der Waals surface area contributed by atoms with Crippen LogP contribution in [0.25, 0.3) is 0 Å². The van der Waals surface area contributed by atoms with Gasteiger partial charge in [-0.2, -0.15) is 0 Å². The molecule has 5 heteroatoms. The van der Waals surface area contributed by atoms with E-state index < -0.39 is 0 Å². The Balaban J connectivity index is 2.09. The van der Waals surface area contributed by atoms with Gasteiger partial charge in [-0.3, -0.25) is 0 Å². The van der Waals surface area contributed by atoms with Crippen LogP contribution in [-0.4, -0.2) is 44.0 Å². The number of hydrogen-bond donors (Lipinski definition) is 2. The van der Waals surface area contributed by atoms with Crippen molar-refractivity contribution in [2.24, 2.45) is 0 Å². The minimum Gasteiger partial charge on any atom is -0.494 e. The van der Waals surface area contributed by atoms with Gasteiger partial charge in [0.1, 0.15) is 5.75 Å². The number of nitrogens with one attached hydrogen (secondary N) is 1. The van der Waals surface area contributed by atoms with Gasteiger partial charge in [0.2, 0.25) is 0 Å². The molecule has 1 aromatic rings. The van der Waals surface area contributed by atoms with Crippen LogP contribution in [0.15, 0.2) is 24.3 Å². The third kappa shape index (κ3) is 12.4. The van der Waals surface area contributed by atoms with Gasteiger partial charge in [0.15, 0.2) is 0 Å². The molecule has 27 heavy (non-hydrogen) atoms. The first-order valence-electron chi connectivity index (χ1n) is 10.5. The molecule has 0 unspecified atom stereocenters. The van der Waals surface area contributed by atoms with Gasteiger partial charge in [-0.25, -0.2) is 4.79 Å². The zero-order valence-electron chi connectivity index (χ0n) is 16.9. The molecule has 0 saturated carbocycles. The van der Waals surface area contributed by atoms with Gasteiger partial charge in [0, 0.05) is 6.54 Å². The Kier molecular flexibility index (Phi) is 14.4. The van der Waals surface area contributed by atoms with Gasteiger partial charge in [-0.1, -0.05) is 39.0 Å². The molecule has 0 radical (unpaired) electrons. The molecule has 1 rings (SSSR count). The van der Waals surface area contributed by atoms with E-state index in [0.29, 0.717) is 18.7 Å². The molecule has 0 aliphatic carbocycles. The topological polar surface area (TPSA) is 67.8 Å². The van der Waals surface area contributed by atoms with Crippen molar-refractivity contribution in [3.8, 4) is 5.75 Å². The fourth-order valence-corrected chi connectivity index (χ4v) is 2.74. The van der Waals surface area contributed by atoms with Crippen molar-refractivity contribution >= 4 is 5.97 Å². The summed E-state index contributed by atoms with van der Waals surface area (Å²) < 4.78 is 11.0. The van der Waals surface area contributed by atoms with Crippen molar-refractivity contribution in [3.05, 3.63) is 29.8 Å². The van der Waals surface area contributed by atoms with Crippen LogP contribution < -0.4 is 10.1 Å². The van der Waals surface area contributed by atoms with Crippen molar-refractivity contribution in [1.82, 2.24) is 5.32 Å². The molecule has 1 aromatic carbocycles. The Morgan fingerprint density at radius 3 is 2.30 bits per heavy atom. The number of carbonyl (C=O) groups is 1. The lowest BCUT2D eigenvalue weighted by Crippen LogP contribution is -2.19. The van der Waals surface area contributed by atoms with Gasteiger partial charge >= 0.3 is 5.97 Å². The van der Waals surface area contributed by atoms with Crippen LogP contribution in [-0.2, 0) is 4.74 Å². The average Bonchev–Trinajstić information content (AvgIpc) is 2.69. The molecule has 0 fully saturated rings. The summed E-state index contributed by atoms with van der Waals surface area (Å²) in [7, 11) is 0. The van der Waals surface area contributed by atoms with Crippen LogP contribution in [0.4, 0.5) is 0 Å². The van der Waals surface area contributed by atoms with Crippen LogP contribution >= 0.6 is 0 Å². The first-order valence-corrected chi connectivity index (χ1v) is 10.5. The summed E-state index contributed by atoms with van der Waals surface area (Å²) in [6, 6.07) is 7.19. The lowest BCUT2D eigenvalue weighted by atomic mass is 10.1. The van der Waals surface area contributed by atoms with Crippen molar-refractivity contribution in [1.29, 1.82) is 0 Å². The molecule has 0 amide bonds. The van der Waals surface area contributed by atoms with Crippen molar-refractivity contribution in [2.45, 2.75) is 64.7 Å². The number of hydrogen-bond acceptors (Lipinski definition) is 5. The monoisotopic (exact) mass is 379 g/mol. The van der Waals surface area contributed by atoms with Crippen LogP contribution in [0.5, 0.6) is 5.75 Å². The maximum Gasteiger partial charge on any atom is 0.338 e. The highest BCUT2D eigenvalue weighted by Crippen LogP contribution is 2.14. The number of rotatable bonds is 17. The zero-order valence-corrected chi connectivity index (χ0v) is 16.9. The van der Waals surface area contributed by atoms with Gasteiger partial charge < -0.3 is 19.9 Å². The SMILES string of the molecule is CCCCCCCCOc1ccc(C(=O)OCCCCCNCCO)cc1. The molecule has 0 atom stereocenters. The second-order valence-electron chi connectivity index (χ2n) is 6.81. The third-order valence-corrected chi connectivity index (χ3v) is 4.38. The van der Waals surface area contributed by atoms with E-state index in [1.54, 1.807) is 12.1 Å². The third-order valence-electron chi connectivity index (χ3n) is 4.38. The predicted octanol–water partition coefficient (Wildman–Crippen LogP) is 4.33. The Labute approximate surface area is 164 Å². The molecule has 0 aromatic heterocycles. The average molecular weight is 380 g/mol. The van der Waals surface area contributed by atoms with E-state index in [4.69, 9.17) is 14.6 Å². The first-order chi connectivity index (χ1) is 13.3. The second-order valence-corrected chi connectivity index (χ2v) is 6.81. The van der Waals surface area contributed by atoms with Gasteiger partial charge in [0.05, 0.1) is 25.4 Å². The first kappa shape index (κ1) is 23.4. The van der Waals surface area contributed by atoms with Gasteiger partial charge in [-0.05, 0) is 56.5 Å². The Morgan fingerprint density at radius 1 is 0.889 bits per heavy atom.